The molecular weight excluding hydrogens is 232 g/mol. The Balaban J connectivity index is 3.95. The van der Waals surface area contributed by atoms with Crippen molar-refractivity contribution in [3.8, 4) is 0 Å². The quantitative estimate of drug-likeness (QED) is 0.447. The number of hydrogen-bond acceptors (Lipinski definition) is 2. The third kappa shape index (κ3) is 6.03. The molecule has 0 aromatic heterocycles. The fourth-order valence-electron chi connectivity index (χ4n) is 1.03. The van der Waals surface area contributed by atoms with Gasteiger partial charge in [0.25, 0.3) is 0 Å². The van der Waals surface area contributed by atoms with Crippen LogP contribution in [0.15, 0.2) is 11.6 Å². The van der Waals surface area contributed by atoms with Gasteiger partial charge in [0.2, 0.25) is 0 Å². The lowest BCUT2D eigenvalue weighted by molar-refractivity contribution is -0.132. The average Bonchev–Trinajstić information content (AvgIpc) is 2.14. The van der Waals surface area contributed by atoms with Crippen LogP contribution in [0.4, 0.5) is 0 Å². The highest BCUT2D eigenvalue weighted by Crippen LogP contribution is 2.36. The van der Waals surface area contributed by atoms with Gasteiger partial charge < -0.3 is 9.53 Å². The van der Waals surface area contributed by atoms with Gasteiger partial charge in [-0.1, -0.05) is 26.8 Å². The molecule has 0 rings (SSSR count). The summed E-state index contributed by atoms with van der Waals surface area (Å²) in [5.74, 6) is -0.838. The molecule has 0 saturated heterocycles. The van der Waals surface area contributed by atoms with E-state index >= 15 is 0 Å². The lowest BCUT2D eigenvalue weighted by atomic mass is 10.2. The summed E-state index contributed by atoms with van der Waals surface area (Å²) < 4.78 is 6.00. The summed E-state index contributed by atoms with van der Waals surface area (Å²) in [6, 6.07) is 0. The molecule has 17 heavy (non-hydrogen) atoms. The van der Waals surface area contributed by atoms with E-state index in [4.69, 9.17) is 9.53 Å². The van der Waals surface area contributed by atoms with Crippen LogP contribution in [0.1, 0.15) is 40.5 Å². The topological polar surface area (TPSA) is 46.5 Å². The first-order valence-corrected chi connectivity index (χ1v) is 9.03. The van der Waals surface area contributed by atoms with Crippen LogP contribution in [0.2, 0.25) is 18.1 Å². The maximum Gasteiger partial charge on any atom is 0.330 e. The zero-order valence-electron chi connectivity index (χ0n) is 12.0. The molecule has 3 nitrogen and oxygen atoms in total. The lowest BCUT2D eigenvalue weighted by Crippen LogP contribution is -2.40. The van der Waals surface area contributed by atoms with Gasteiger partial charge in [-0.3, -0.25) is 0 Å². The minimum atomic E-state index is -1.64. The van der Waals surface area contributed by atoms with Crippen molar-refractivity contribution in [3.05, 3.63) is 11.6 Å². The summed E-state index contributed by atoms with van der Waals surface area (Å²) in [5, 5.41) is 8.92. The Hall–Kier alpha value is -0.613. The second-order valence-corrected chi connectivity index (χ2v) is 10.8. The number of unbranched alkanes of at least 4 members (excludes halogenated alkanes) is 1. The molecule has 0 saturated carbocycles. The summed E-state index contributed by atoms with van der Waals surface area (Å²) in [4.78, 5) is 10.6. The van der Waals surface area contributed by atoms with E-state index in [2.05, 4.69) is 33.9 Å². The van der Waals surface area contributed by atoms with Crippen molar-refractivity contribution in [1.29, 1.82) is 0 Å². The molecule has 0 unspecified atom stereocenters. The average molecular weight is 258 g/mol. The Morgan fingerprint density at radius 1 is 1.35 bits per heavy atom. The van der Waals surface area contributed by atoms with Gasteiger partial charge in [0.05, 0.1) is 0 Å². The number of rotatable bonds is 6. The van der Waals surface area contributed by atoms with Crippen molar-refractivity contribution >= 4 is 14.3 Å². The van der Waals surface area contributed by atoms with Crippen molar-refractivity contribution in [2.45, 2.75) is 58.7 Å². The summed E-state index contributed by atoms with van der Waals surface area (Å²) in [6.45, 7) is 13.4. The first-order chi connectivity index (χ1) is 7.58. The van der Waals surface area contributed by atoms with Crippen LogP contribution in [-0.4, -0.2) is 26.0 Å². The molecule has 0 aliphatic heterocycles. The van der Waals surface area contributed by atoms with Crippen LogP contribution < -0.4 is 0 Å². The minimum Gasteiger partial charge on any atom is -0.478 e. The molecular formula is C13H26O3Si. The van der Waals surface area contributed by atoms with E-state index in [1.165, 1.54) is 0 Å². The molecule has 0 amide bonds. The Morgan fingerprint density at radius 3 is 2.29 bits per heavy atom. The number of carbonyl (C=O) groups is 1. The fraction of sp³-hybridized carbons (Fsp3) is 0.769. The first-order valence-electron chi connectivity index (χ1n) is 6.12. The van der Waals surface area contributed by atoms with Crippen molar-refractivity contribution in [2.75, 3.05) is 6.61 Å². The van der Waals surface area contributed by atoms with Gasteiger partial charge in [0, 0.05) is 12.2 Å². The predicted octanol–water partition coefficient (Wildman–Crippen LogP) is 3.82. The maximum atomic E-state index is 10.6. The van der Waals surface area contributed by atoms with E-state index in [1.807, 2.05) is 0 Å². The van der Waals surface area contributed by atoms with Crippen molar-refractivity contribution in [3.63, 3.8) is 0 Å². The molecule has 0 fully saturated rings. The molecule has 0 heterocycles. The number of allylic oxidation sites excluding steroid dienone is 1. The summed E-state index contributed by atoms with van der Waals surface area (Å²) >= 11 is 0. The Kier molecular flexibility index (Phi) is 6.13. The Labute approximate surface area is 106 Å². The van der Waals surface area contributed by atoms with Crippen LogP contribution >= 0.6 is 0 Å². The molecule has 0 aromatic carbocycles. The van der Waals surface area contributed by atoms with E-state index in [1.54, 1.807) is 13.0 Å². The molecule has 0 radical (unpaired) electrons. The van der Waals surface area contributed by atoms with Crippen molar-refractivity contribution < 1.29 is 14.3 Å². The highest BCUT2D eigenvalue weighted by molar-refractivity contribution is 6.74. The van der Waals surface area contributed by atoms with Crippen molar-refractivity contribution in [2.24, 2.45) is 0 Å². The van der Waals surface area contributed by atoms with Crippen LogP contribution in [0.25, 0.3) is 0 Å². The van der Waals surface area contributed by atoms with Crippen LogP contribution in [0.3, 0.4) is 0 Å². The third-order valence-electron chi connectivity index (χ3n) is 3.41. The van der Waals surface area contributed by atoms with Crippen LogP contribution in [0.5, 0.6) is 0 Å². The summed E-state index contributed by atoms with van der Waals surface area (Å²) in [5.41, 5.74) is 0.414. The van der Waals surface area contributed by atoms with Gasteiger partial charge in [0.1, 0.15) is 0 Å². The molecule has 0 spiro atoms. The number of aliphatic carboxylic acids is 1. The highest BCUT2D eigenvalue weighted by atomic mass is 28.4. The molecule has 0 aliphatic carbocycles. The Bertz CT molecular complexity index is 288. The maximum absolute atomic E-state index is 10.6. The van der Waals surface area contributed by atoms with Crippen molar-refractivity contribution in [1.82, 2.24) is 0 Å². The SMILES string of the molecule is C/C(=C\CCCO[Si](C)(C)C(C)(C)C)C(=O)O. The van der Waals surface area contributed by atoms with E-state index in [9.17, 15) is 4.79 Å². The van der Waals surface area contributed by atoms with E-state index < -0.39 is 14.3 Å². The molecule has 0 aliphatic rings. The van der Waals surface area contributed by atoms with Gasteiger partial charge in [-0.15, -0.1) is 0 Å². The molecule has 1 N–H and O–H groups in total. The fourth-order valence-corrected chi connectivity index (χ4v) is 2.12. The van der Waals surface area contributed by atoms with E-state index in [-0.39, 0.29) is 5.04 Å². The molecule has 100 valence electrons. The van der Waals surface area contributed by atoms with Gasteiger partial charge in [-0.05, 0) is 37.9 Å². The number of carboxylic acid groups (broad SMARTS) is 1. The van der Waals surface area contributed by atoms with E-state index in [0.717, 1.165) is 19.4 Å². The predicted molar refractivity (Wildman–Crippen MR) is 73.8 cm³/mol. The second kappa shape index (κ2) is 6.35. The monoisotopic (exact) mass is 258 g/mol. The zero-order valence-corrected chi connectivity index (χ0v) is 13.0. The van der Waals surface area contributed by atoms with Gasteiger partial charge >= 0.3 is 5.97 Å². The normalized spacial score (nSPS) is 13.9. The van der Waals surface area contributed by atoms with Gasteiger partial charge in [-0.2, -0.15) is 0 Å². The minimum absolute atomic E-state index is 0.236. The summed E-state index contributed by atoms with van der Waals surface area (Å²) in [6.07, 6.45) is 3.42. The summed E-state index contributed by atoms with van der Waals surface area (Å²) in [7, 11) is -1.64. The van der Waals surface area contributed by atoms with Gasteiger partial charge in [-0.25, -0.2) is 4.79 Å². The standard InChI is InChI=1S/C13H26O3Si/c1-11(12(14)15)9-7-8-10-16-17(5,6)13(2,3)4/h9H,7-8,10H2,1-6H3,(H,14,15)/b11-9+. The molecule has 0 aromatic rings. The van der Waals surface area contributed by atoms with E-state index in [0.29, 0.717) is 5.57 Å². The largest absolute Gasteiger partial charge is 0.478 e. The second-order valence-electron chi connectivity index (χ2n) is 5.94. The number of carboxylic acids is 1. The number of hydrogen-bond donors (Lipinski definition) is 1. The molecule has 0 atom stereocenters. The molecule has 0 bridgehead atoms. The zero-order chi connectivity index (χ0) is 13.7. The third-order valence-corrected chi connectivity index (χ3v) is 7.94. The molecule has 4 heteroatoms. The highest BCUT2D eigenvalue weighted by Gasteiger charge is 2.36. The van der Waals surface area contributed by atoms with Gasteiger partial charge in [0.15, 0.2) is 8.32 Å². The first kappa shape index (κ1) is 16.4. The van der Waals surface area contributed by atoms with Crippen LogP contribution in [0, 0.1) is 0 Å². The van der Waals surface area contributed by atoms with Crippen LogP contribution in [-0.2, 0) is 9.22 Å². The lowest BCUT2D eigenvalue weighted by Gasteiger charge is -2.36. The Morgan fingerprint density at radius 2 is 1.88 bits per heavy atom. The smallest absolute Gasteiger partial charge is 0.330 e.